The Balaban J connectivity index is 1.58. The second-order valence-corrected chi connectivity index (χ2v) is 10.1. The largest absolute Gasteiger partial charge is 0.382 e. The van der Waals surface area contributed by atoms with Crippen LogP contribution in [0.1, 0.15) is 29.7 Å². The maximum absolute atomic E-state index is 11.4. The zero-order valence-corrected chi connectivity index (χ0v) is 19.8. The maximum Gasteiger partial charge on any atom is 0.130 e. The molecule has 0 aromatic heterocycles. The highest BCUT2D eigenvalue weighted by atomic mass is 16.3. The summed E-state index contributed by atoms with van der Waals surface area (Å²) in [7, 11) is 2.31. The van der Waals surface area contributed by atoms with Gasteiger partial charge in [0.15, 0.2) is 0 Å². The number of aliphatic hydroxyl groups is 1. The van der Waals surface area contributed by atoms with Crippen molar-refractivity contribution >= 4 is 21.5 Å². The molecule has 5 aromatic rings. The van der Waals surface area contributed by atoms with Crippen LogP contribution in [0.3, 0.4) is 0 Å². The lowest BCUT2D eigenvalue weighted by atomic mass is 9.90. The van der Waals surface area contributed by atoms with Gasteiger partial charge >= 0.3 is 0 Å². The van der Waals surface area contributed by atoms with Crippen LogP contribution in [0.4, 0.5) is 0 Å². The molecule has 3 atom stereocenters. The Labute approximate surface area is 201 Å². The Morgan fingerprint density at radius 3 is 2.06 bits per heavy atom. The molecule has 0 saturated carbocycles. The van der Waals surface area contributed by atoms with Crippen LogP contribution >= 0.6 is 0 Å². The first-order chi connectivity index (χ1) is 16.5. The van der Waals surface area contributed by atoms with Crippen molar-refractivity contribution in [3.63, 3.8) is 0 Å². The highest BCUT2D eigenvalue weighted by Crippen LogP contribution is 2.43. The fourth-order valence-electron chi connectivity index (χ4n) is 5.81. The number of likely N-dealkylation sites (N-methyl/N-ethyl adjacent to an activating group) is 1. The van der Waals surface area contributed by atoms with Crippen LogP contribution in [0.2, 0.25) is 0 Å². The molecule has 1 aliphatic heterocycles. The molecule has 168 valence electrons. The highest BCUT2D eigenvalue weighted by Gasteiger charge is 2.39. The molecule has 5 aromatic carbocycles. The standard InChI is InChI=1S/C32H30NO/c1-22(32(34)24-11-4-3-5-12-24)33(2)20-27-17-16-23-10-8-9-15-29(23)31(27)30-19-26-14-7-6-13-25(26)18-28(30)21-33/h3-19,22,32,34H,20-21H2,1-2H3/q+1. The summed E-state index contributed by atoms with van der Waals surface area (Å²) in [6.07, 6.45) is -0.530. The van der Waals surface area contributed by atoms with Gasteiger partial charge in [-0.2, -0.15) is 0 Å². The Morgan fingerprint density at radius 1 is 0.676 bits per heavy atom. The summed E-state index contributed by atoms with van der Waals surface area (Å²) < 4.78 is 0.743. The van der Waals surface area contributed by atoms with Gasteiger partial charge in [0, 0.05) is 11.1 Å². The number of rotatable bonds is 3. The molecule has 0 fully saturated rings. The summed E-state index contributed by atoms with van der Waals surface area (Å²) >= 11 is 0. The normalized spacial score (nSPS) is 19.3. The van der Waals surface area contributed by atoms with E-state index in [0.717, 1.165) is 23.1 Å². The van der Waals surface area contributed by atoms with Gasteiger partial charge in [-0.1, -0.05) is 91.0 Å². The molecular formula is C32H30NO+. The van der Waals surface area contributed by atoms with Crippen molar-refractivity contribution in [2.45, 2.75) is 32.2 Å². The minimum absolute atomic E-state index is 0.0270. The second kappa shape index (κ2) is 8.09. The van der Waals surface area contributed by atoms with Gasteiger partial charge < -0.3 is 9.59 Å². The van der Waals surface area contributed by atoms with E-state index < -0.39 is 6.10 Å². The molecule has 6 rings (SSSR count). The summed E-state index contributed by atoms with van der Waals surface area (Å²) in [5.74, 6) is 0. The van der Waals surface area contributed by atoms with Crippen LogP contribution in [-0.2, 0) is 13.1 Å². The van der Waals surface area contributed by atoms with Crippen LogP contribution in [0.5, 0.6) is 0 Å². The van der Waals surface area contributed by atoms with Gasteiger partial charge in [-0.15, -0.1) is 0 Å². The molecule has 0 spiro atoms. The second-order valence-electron chi connectivity index (χ2n) is 10.1. The minimum Gasteiger partial charge on any atom is -0.382 e. The van der Waals surface area contributed by atoms with Crippen molar-refractivity contribution in [1.29, 1.82) is 0 Å². The third kappa shape index (κ3) is 3.42. The SMILES string of the molecule is CC(C(O)c1ccccc1)[N+]1(C)Cc2cc3ccccc3cc2-c2c(ccc3ccccc23)C1. The third-order valence-corrected chi connectivity index (χ3v) is 7.90. The fraction of sp³-hybridized carbons (Fsp3) is 0.188. The molecular weight excluding hydrogens is 414 g/mol. The van der Waals surface area contributed by atoms with Gasteiger partial charge in [0.2, 0.25) is 0 Å². The van der Waals surface area contributed by atoms with E-state index in [2.05, 4.69) is 86.8 Å². The van der Waals surface area contributed by atoms with Crippen LogP contribution in [0.15, 0.2) is 103 Å². The summed E-state index contributed by atoms with van der Waals surface area (Å²) in [5, 5.41) is 16.5. The Hall–Kier alpha value is -3.46. The minimum atomic E-state index is -0.530. The molecule has 0 amide bonds. The Bertz CT molecular complexity index is 1510. The lowest BCUT2D eigenvalue weighted by molar-refractivity contribution is -0.960. The molecule has 2 heteroatoms. The molecule has 1 aliphatic rings. The predicted molar refractivity (Wildman–Crippen MR) is 141 cm³/mol. The molecule has 1 N–H and O–H groups in total. The summed E-state index contributed by atoms with van der Waals surface area (Å²) in [6.45, 7) is 3.94. The van der Waals surface area contributed by atoms with E-state index in [1.807, 2.05) is 30.3 Å². The zero-order valence-electron chi connectivity index (χ0n) is 19.8. The lowest BCUT2D eigenvalue weighted by Gasteiger charge is -2.42. The van der Waals surface area contributed by atoms with Crippen molar-refractivity contribution in [2.75, 3.05) is 7.05 Å². The van der Waals surface area contributed by atoms with Gasteiger partial charge in [0.25, 0.3) is 0 Å². The van der Waals surface area contributed by atoms with E-state index in [9.17, 15) is 5.11 Å². The molecule has 3 unspecified atom stereocenters. The van der Waals surface area contributed by atoms with Gasteiger partial charge in [-0.05, 0) is 57.3 Å². The molecule has 1 heterocycles. The van der Waals surface area contributed by atoms with Crippen molar-refractivity contribution in [1.82, 2.24) is 0 Å². The van der Waals surface area contributed by atoms with Crippen molar-refractivity contribution in [3.8, 4) is 11.1 Å². The van der Waals surface area contributed by atoms with E-state index in [1.165, 1.54) is 43.8 Å². The quantitative estimate of drug-likeness (QED) is 0.291. The van der Waals surface area contributed by atoms with E-state index in [0.29, 0.717) is 0 Å². The zero-order chi connectivity index (χ0) is 23.3. The number of benzene rings is 5. The first kappa shape index (κ1) is 21.1. The average Bonchev–Trinajstić information content (AvgIpc) is 3.00. The molecule has 0 radical (unpaired) electrons. The van der Waals surface area contributed by atoms with Crippen LogP contribution < -0.4 is 0 Å². The number of fused-ring (bicyclic) bond motifs is 6. The van der Waals surface area contributed by atoms with E-state index in [1.54, 1.807) is 0 Å². The first-order valence-corrected chi connectivity index (χ1v) is 12.1. The lowest BCUT2D eigenvalue weighted by Crippen LogP contribution is -2.51. The number of hydrogen-bond acceptors (Lipinski definition) is 1. The van der Waals surface area contributed by atoms with Gasteiger partial charge in [0.1, 0.15) is 25.2 Å². The average molecular weight is 445 g/mol. The number of hydrogen-bond donors (Lipinski definition) is 1. The Kier molecular flexibility index (Phi) is 5.02. The van der Waals surface area contributed by atoms with E-state index in [-0.39, 0.29) is 6.04 Å². The molecule has 34 heavy (non-hydrogen) atoms. The third-order valence-electron chi connectivity index (χ3n) is 7.90. The maximum atomic E-state index is 11.4. The summed E-state index contributed by atoms with van der Waals surface area (Å²) in [4.78, 5) is 0. The van der Waals surface area contributed by atoms with Crippen LogP contribution in [0, 0.1) is 0 Å². The Morgan fingerprint density at radius 2 is 1.29 bits per heavy atom. The highest BCUT2D eigenvalue weighted by molar-refractivity contribution is 6.01. The molecule has 2 nitrogen and oxygen atoms in total. The monoisotopic (exact) mass is 444 g/mol. The van der Waals surface area contributed by atoms with Gasteiger partial charge in [0.05, 0.1) is 7.05 Å². The molecule has 0 saturated heterocycles. The van der Waals surface area contributed by atoms with E-state index in [4.69, 9.17) is 0 Å². The van der Waals surface area contributed by atoms with Crippen LogP contribution in [-0.4, -0.2) is 22.7 Å². The number of aliphatic hydroxyl groups excluding tert-OH is 1. The smallest absolute Gasteiger partial charge is 0.130 e. The van der Waals surface area contributed by atoms with Gasteiger partial charge in [-0.3, -0.25) is 0 Å². The van der Waals surface area contributed by atoms with E-state index >= 15 is 0 Å². The van der Waals surface area contributed by atoms with Gasteiger partial charge in [-0.25, -0.2) is 0 Å². The molecule has 0 aliphatic carbocycles. The first-order valence-electron chi connectivity index (χ1n) is 12.1. The number of nitrogens with zero attached hydrogens (tertiary/aromatic N) is 1. The summed E-state index contributed by atoms with van der Waals surface area (Å²) in [6, 6.07) is 36.8. The number of quaternary nitrogens is 1. The van der Waals surface area contributed by atoms with Crippen molar-refractivity contribution in [3.05, 3.63) is 120 Å². The van der Waals surface area contributed by atoms with Crippen LogP contribution in [0.25, 0.3) is 32.7 Å². The van der Waals surface area contributed by atoms with Crippen molar-refractivity contribution in [2.24, 2.45) is 0 Å². The topological polar surface area (TPSA) is 20.2 Å². The predicted octanol–water partition coefficient (Wildman–Crippen LogP) is 7.24. The fourth-order valence-corrected chi connectivity index (χ4v) is 5.81. The van der Waals surface area contributed by atoms with Crippen molar-refractivity contribution < 1.29 is 9.59 Å². The summed E-state index contributed by atoms with van der Waals surface area (Å²) in [5.41, 5.74) is 6.36. The molecule has 0 bridgehead atoms.